The number of ether oxygens (including phenoxy) is 3. The predicted molar refractivity (Wildman–Crippen MR) is 131 cm³/mol. The van der Waals surface area contributed by atoms with Gasteiger partial charge in [-0.1, -0.05) is 0 Å². The molecule has 1 aliphatic carbocycles. The Morgan fingerprint density at radius 3 is 2.31 bits per heavy atom. The van der Waals surface area contributed by atoms with Crippen molar-refractivity contribution in [3.63, 3.8) is 0 Å². The first-order valence-electron chi connectivity index (χ1n) is 12.6. The van der Waals surface area contributed by atoms with E-state index in [1.54, 1.807) is 40.3 Å². The first kappa shape index (κ1) is 26.1. The van der Waals surface area contributed by atoms with E-state index in [2.05, 4.69) is 14.9 Å². The summed E-state index contributed by atoms with van der Waals surface area (Å²) in [5.41, 5.74) is -1.01. The number of hydrogen-bond acceptors (Lipinski definition) is 7. The summed E-state index contributed by atoms with van der Waals surface area (Å²) in [7, 11) is 1.60. The van der Waals surface area contributed by atoms with Crippen LogP contribution in [0.3, 0.4) is 0 Å². The highest BCUT2D eigenvalue weighted by Crippen LogP contribution is 2.49. The molecule has 196 valence electrons. The fraction of sp³-hybridized carbons (Fsp3) is 0.593. The molecule has 0 unspecified atom stereocenters. The fourth-order valence-electron chi connectivity index (χ4n) is 4.97. The highest BCUT2D eigenvalue weighted by molar-refractivity contribution is 5.73. The van der Waals surface area contributed by atoms with Crippen molar-refractivity contribution < 1.29 is 27.8 Å². The van der Waals surface area contributed by atoms with E-state index < -0.39 is 29.6 Å². The quantitative estimate of drug-likeness (QED) is 0.448. The van der Waals surface area contributed by atoms with Crippen LogP contribution < -0.4 is 14.4 Å². The number of esters is 1. The Morgan fingerprint density at radius 2 is 1.72 bits per heavy atom. The first-order chi connectivity index (χ1) is 17.1. The Bertz CT molecular complexity index is 1030. The standard InChI is InChI=1S/C27H35F2N3O4/c1-27(2,3)36-25(33)14-22-23(28)12-19(13-24(22)29)35-10-7-18-11-21(18)17-5-8-32(9-6-17)26-30-15-20(34-4)16-31-26/h12-13,15-18,21H,5-11,14H2,1-4H3/t18-,21-/m1/s1. The van der Waals surface area contributed by atoms with Gasteiger partial charge in [0, 0.05) is 30.8 Å². The highest BCUT2D eigenvalue weighted by atomic mass is 19.1. The molecule has 36 heavy (non-hydrogen) atoms. The number of anilines is 1. The van der Waals surface area contributed by atoms with Crippen molar-refractivity contribution in [3.8, 4) is 11.5 Å². The minimum atomic E-state index is -0.798. The summed E-state index contributed by atoms with van der Waals surface area (Å²) in [5, 5.41) is 0. The van der Waals surface area contributed by atoms with Crippen LogP contribution in [-0.2, 0) is 16.0 Å². The Labute approximate surface area is 211 Å². The molecule has 2 fully saturated rings. The number of carbonyl (C=O) groups excluding carboxylic acids is 1. The lowest BCUT2D eigenvalue weighted by molar-refractivity contribution is -0.154. The van der Waals surface area contributed by atoms with Crippen molar-refractivity contribution >= 4 is 11.9 Å². The number of nitrogens with zero attached hydrogens (tertiary/aromatic N) is 3. The van der Waals surface area contributed by atoms with Gasteiger partial charge in [0.15, 0.2) is 5.75 Å². The van der Waals surface area contributed by atoms with Crippen LogP contribution in [0.2, 0.25) is 0 Å². The summed E-state index contributed by atoms with van der Waals surface area (Å²) in [6, 6.07) is 2.29. The maximum atomic E-state index is 14.5. The van der Waals surface area contributed by atoms with E-state index in [4.69, 9.17) is 14.2 Å². The molecule has 2 aromatic rings. The average Bonchev–Trinajstić information content (AvgIpc) is 3.60. The van der Waals surface area contributed by atoms with Crippen LogP contribution in [0.25, 0.3) is 0 Å². The number of methoxy groups -OCH3 is 1. The van der Waals surface area contributed by atoms with Crippen LogP contribution in [0.1, 0.15) is 52.0 Å². The van der Waals surface area contributed by atoms with Gasteiger partial charge in [0.1, 0.15) is 23.0 Å². The average molecular weight is 504 g/mol. The summed E-state index contributed by atoms with van der Waals surface area (Å²) >= 11 is 0. The molecule has 1 aromatic heterocycles. The maximum Gasteiger partial charge on any atom is 0.310 e. The monoisotopic (exact) mass is 503 g/mol. The molecule has 2 atom stereocenters. The Hall–Kier alpha value is -2.97. The summed E-state index contributed by atoms with van der Waals surface area (Å²) in [5.74, 6) is 1.20. The van der Waals surface area contributed by atoms with Gasteiger partial charge in [0.05, 0.1) is 32.5 Å². The van der Waals surface area contributed by atoms with Crippen LogP contribution in [0.15, 0.2) is 24.5 Å². The summed E-state index contributed by atoms with van der Waals surface area (Å²) in [6.07, 6.45) is 7.16. The largest absolute Gasteiger partial charge is 0.494 e. The van der Waals surface area contributed by atoms with Crippen molar-refractivity contribution in [2.24, 2.45) is 17.8 Å². The number of carbonyl (C=O) groups is 1. The molecule has 0 bridgehead atoms. The smallest absolute Gasteiger partial charge is 0.310 e. The zero-order valence-electron chi connectivity index (χ0n) is 21.4. The van der Waals surface area contributed by atoms with Crippen LogP contribution in [0.4, 0.5) is 14.7 Å². The van der Waals surface area contributed by atoms with Crippen LogP contribution >= 0.6 is 0 Å². The molecule has 1 aliphatic heterocycles. The number of aromatic nitrogens is 2. The molecular formula is C27H35F2N3O4. The maximum absolute atomic E-state index is 14.5. The van der Waals surface area contributed by atoms with E-state index in [1.165, 1.54) is 6.42 Å². The Balaban J connectivity index is 1.19. The van der Waals surface area contributed by atoms with Crippen molar-refractivity contribution in [1.82, 2.24) is 9.97 Å². The number of piperidine rings is 1. The first-order valence-corrected chi connectivity index (χ1v) is 12.6. The lowest BCUT2D eigenvalue weighted by atomic mass is 9.90. The molecule has 4 rings (SSSR count). The third-order valence-corrected chi connectivity index (χ3v) is 6.87. The number of hydrogen-bond donors (Lipinski definition) is 0. The van der Waals surface area contributed by atoms with Gasteiger partial charge in [-0.05, 0) is 64.2 Å². The molecule has 0 radical (unpaired) electrons. The molecule has 9 heteroatoms. The van der Waals surface area contributed by atoms with Gasteiger partial charge in [0.2, 0.25) is 5.95 Å². The van der Waals surface area contributed by atoms with Gasteiger partial charge in [-0.2, -0.15) is 0 Å². The van der Waals surface area contributed by atoms with E-state index in [1.807, 2.05) is 0 Å². The molecular weight excluding hydrogens is 468 g/mol. The molecule has 1 aromatic carbocycles. The van der Waals surface area contributed by atoms with Gasteiger partial charge in [0.25, 0.3) is 0 Å². The number of halogens is 2. The fourth-order valence-corrected chi connectivity index (χ4v) is 4.97. The SMILES string of the molecule is COc1cnc(N2CCC([C@H]3C[C@H]3CCOc3cc(F)c(CC(=O)OC(C)(C)C)c(F)c3)CC2)nc1. The zero-order valence-corrected chi connectivity index (χ0v) is 21.4. The minimum Gasteiger partial charge on any atom is -0.494 e. The van der Waals surface area contributed by atoms with Crippen molar-refractivity contribution in [1.29, 1.82) is 0 Å². The minimum absolute atomic E-state index is 0.142. The molecule has 1 saturated carbocycles. The lowest BCUT2D eigenvalue weighted by Gasteiger charge is -2.32. The van der Waals surface area contributed by atoms with Gasteiger partial charge in [-0.25, -0.2) is 18.7 Å². The molecule has 2 aliphatic rings. The second-order valence-corrected chi connectivity index (χ2v) is 10.7. The molecule has 0 amide bonds. The van der Waals surface area contributed by atoms with Crippen LogP contribution in [0, 0.1) is 29.4 Å². The second-order valence-electron chi connectivity index (χ2n) is 10.7. The highest BCUT2D eigenvalue weighted by Gasteiger charge is 2.43. The molecule has 7 nitrogen and oxygen atoms in total. The topological polar surface area (TPSA) is 73.8 Å². The van der Waals surface area contributed by atoms with E-state index >= 15 is 0 Å². The molecule has 0 spiro atoms. The summed E-state index contributed by atoms with van der Waals surface area (Å²) < 4.78 is 44.8. The number of benzene rings is 1. The lowest BCUT2D eigenvalue weighted by Crippen LogP contribution is -2.35. The van der Waals surface area contributed by atoms with Crippen molar-refractivity contribution in [3.05, 3.63) is 41.7 Å². The zero-order chi connectivity index (χ0) is 25.9. The van der Waals surface area contributed by atoms with Crippen LogP contribution in [-0.4, -0.2) is 48.3 Å². The van der Waals surface area contributed by atoms with E-state index in [0.29, 0.717) is 30.1 Å². The van der Waals surface area contributed by atoms with Gasteiger partial charge in [-0.15, -0.1) is 0 Å². The van der Waals surface area contributed by atoms with Gasteiger partial charge in [-0.3, -0.25) is 4.79 Å². The van der Waals surface area contributed by atoms with E-state index in [-0.39, 0.29) is 11.3 Å². The van der Waals surface area contributed by atoms with Gasteiger partial charge < -0.3 is 19.1 Å². The number of rotatable bonds is 9. The molecule has 0 N–H and O–H groups in total. The van der Waals surface area contributed by atoms with E-state index in [9.17, 15) is 13.6 Å². The van der Waals surface area contributed by atoms with Crippen LogP contribution in [0.5, 0.6) is 11.5 Å². The van der Waals surface area contributed by atoms with Crippen molar-refractivity contribution in [2.75, 3.05) is 31.7 Å². The Morgan fingerprint density at radius 1 is 1.08 bits per heavy atom. The summed E-state index contributed by atoms with van der Waals surface area (Å²) in [6.45, 7) is 7.40. The third kappa shape index (κ3) is 6.83. The molecule has 2 heterocycles. The Kier molecular flexibility index (Phi) is 7.95. The summed E-state index contributed by atoms with van der Waals surface area (Å²) in [4.78, 5) is 22.9. The molecule has 1 saturated heterocycles. The normalized spacial score (nSPS) is 20.2. The van der Waals surface area contributed by atoms with Crippen molar-refractivity contribution in [2.45, 2.75) is 58.5 Å². The third-order valence-electron chi connectivity index (χ3n) is 6.87. The predicted octanol–water partition coefficient (Wildman–Crippen LogP) is 4.97. The van der Waals surface area contributed by atoms with Gasteiger partial charge >= 0.3 is 5.97 Å². The second kappa shape index (κ2) is 11.0. The van der Waals surface area contributed by atoms with E-state index in [0.717, 1.165) is 50.4 Å².